The number of hydrogen-bond donors (Lipinski definition) is 2. The van der Waals surface area contributed by atoms with Gasteiger partial charge < -0.3 is 10.0 Å². The Balaban J connectivity index is 2.23. The van der Waals surface area contributed by atoms with Gasteiger partial charge in [0.1, 0.15) is 5.82 Å². The van der Waals surface area contributed by atoms with E-state index in [1.165, 1.54) is 23.1 Å². The van der Waals surface area contributed by atoms with Crippen LogP contribution in [0.25, 0.3) is 0 Å². The zero-order valence-corrected chi connectivity index (χ0v) is 10.4. The van der Waals surface area contributed by atoms with Crippen molar-refractivity contribution in [1.82, 2.24) is 4.90 Å². The fourth-order valence-electron chi connectivity index (χ4n) is 1.97. The van der Waals surface area contributed by atoms with Crippen molar-refractivity contribution in [2.45, 2.75) is 23.8 Å². The molecule has 1 aromatic carbocycles. The molecule has 0 radical (unpaired) electrons. The summed E-state index contributed by atoms with van der Waals surface area (Å²) in [5, 5.41) is 9.78. The monoisotopic (exact) mass is 255 g/mol. The van der Waals surface area contributed by atoms with Gasteiger partial charge in [0.2, 0.25) is 0 Å². The van der Waals surface area contributed by atoms with Crippen LogP contribution in [-0.2, 0) is 0 Å². The van der Waals surface area contributed by atoms with Crippen LogP contribution in [0.2, 0.25) is 0 Å². The molecule has 2 rings (SSSR count). The molecule has 1 saturated heterocycles. The maximum atomic E-state index is 13.5. The lowest BCUT2D eigenvalue weighted by atomic mass is 10.1. The summed E-state index contributed by atoms with van der Waals surface area (Å²) in [5.41, 5.74) is -0.861. The zero-order valence-electron chi connectivity index (χ0n) is 9.48. The van der Waals surface area contributed by atoms with Crippen LogP contribution in [-0.4, -0.2) is 34.6 Å². The van der Waals surface area contributed by atoms with Gasteiger partial charge in [-0.25, -0.2) is 4.39 Å². The van der Waals surface area contributed by atoms with E-state index in [1.807, 2.05) is 0 Å². The highest BCUT2D eigenvalue weighted by Gasteiger charge is 2.34. The van der Waals surface area contributed by atoms with Crippen molar-refractivity contribution in [3.63, 3.8) is 0 Å². The minimum absolute atomic E-state index is 0.00944. The van der Waals surface area contributed by atoms with E-state index in [2.05, 4.69) is 12.6 Å². The second-order valence-electron chi connectivity index (χ2n) is 4.64. The smallest absolute Gasteiger partial charge is 0.256 e. The summed E-state index contributed by atoms with van der Waals surface area (Å²) in [6, 6.07) is 4.13. The maximum absolute atomic E-state index is 13.5. The highest BCUT2D eigenvalue weighted by atomic mass is 32.1. The number of hydrogen-bond acceptors (Lipinski definition) is 3. The topological polar surface area (TPSA) is 40.5 Å². The molecule has 1 amide bonds. The summed E-state index contributed by atoms with van der Waals surface area (Å²) >= 11 is 4.09. The predicted molar refractivity (Wildman–Crippen MR) is 64.8 cm³/mol. The van der Waals surface area contributed by atoms with Gasteiger partial charge in [0.25, 0.3) is 5.91 Å². The van der Waals surface area contributed by atoms with Gasteiger partial charge in [-0.1, -0.05) is 0 Å². The van der Waals surface area contributed by atoms with Gasteiger partial charge in [0.15, 0.2) is 0 Å². The average molecular weight is 255 g/mol. The summed E-state index contributed by atoms with van der Waals surface area (Å²) in [6.07, 6.45) is 0.515. The summed E-state index contributed by atoms with van der Waals surface area (Å²) in [6.45, 7) is 2.36. The molecule has 5 heteroatoms. The third-order valence-electron chi connectivity index (χ3n) is 2.92. The normalized spacial score (nSPS) is 24.1. The Labute approximate surface area is 105 Å². The number of rotatable bonds is 1. The first kappa shape index (κ1) is 12.4. The minimum atomic E-state index is -0.870. The van der Waals surface area contributed by atoms with Crippen molar-refractivity contribution in [3.05, 3.63) is 29.6 Å². The number of carbonyl (C=O) groups is 1. The van der Waals surface area contributed by atoms with Crippen molar-refractivity contribution in [3.8, 4) is 0 Å². The van der Waals surface area contributed by atoms with E-state index in [9.17, 15) is 14.3 Å². The first-order valence-corrected chi connectivity index (χ1v) is 5.84. The van der Waals surface area contributed by atoms with Crippen molar-refractivity contribution in [1.29, 1.82) is 0 Å². The van der Waals surface area contributed by atoms with Gasteiger partial charge in [-0.15, -0.1) is 12.6 Å². The van der Waals surface area contributed by atoms with Crippen LogP contribution in [0.15, 0.2) is 23.1 Å². The average Bonchev–Trinajstić information content (AvgIpc) is 2.61. The van der Waals surface area contributed by atoms with Gasteiger partial charge in [-0.05, 0) is 31.5 Å². The molecule has 0 aromatic heterocycles. The lowest BCUT2D eigenvalue weighted by Crippen LogP contribution is -2.34. The Morgan fingerprint density at radius 3 is 2.88 bits per heavy atom. The number of benzene rings is 1. The molecular weight excluding hydrogens is 241 g/mol. The van der Waals surface area contributed by atoms with Crippen LogP contribution in [0.5, 0.6) is 0 Å². The molecule has 1 fully saturated rings. The third-order valence-corrected chi connectivity index (χ3v) is 3.20. The number of aliphatic hydroxyl groups is 1. The first-order chi connectivity index (χ1) is 7.89. The minimum Gasteiger partial charge on any atom is -0.388 e. The molecule has 0 bridgehead atoms. The van der Waals surface area contributed by atoms with Gasteiger partial charge >= 0.3 is 0 Å². The van der Waals surface area contributed by atoms with Crippen LogP contribution >= 0.6 is 12.6 Å². The second kappa shape index (κ2) is 4.31. The molecule has 0 saturated carbocycles. The quantitative estimate of drug-likeness (QED) is 0.750. The van der Waals surface area contributed by atoms with Crippen LogP contribution in [0.4, 0.5) is 4.39 Å². The molecule has 1 aromatic rings. The van der Waals surface area contributed by atoms with Crippen LogP contribution in [0.1, 0.15) is 23.7 Å². The molecule has 1 unspecified atom stereocenters. The van der Waals surface area contributed by atoms with Crippen molar-refractivity contribution >= 4 is 18.5 Å². The molecule has 92 valence electrons. The number of β-amino-alcohol motifs (C(OH)–C–C–N with tert-alkyl or cyclic N) is 1. The first-order valence-electron chi connectivity index (χ1n) is 5.39. The molecule has 3 nitrogen and oxygen atoms in total. The zero-order chi connectivity index (χ0) is 12.6. The van der Waals surface area contributed by atoms with Crippen LogP contribution < -0.4 is 0 Å². The number of likely N-dealkylation sites (tertiary alicyclic amines) is 1. The van der Waals surface area contributed by atoms with Crippen molar-refractivity contribution < 1.29 is 14.3 Å². The van der Waals surface area contributed by atoms with E-state index in [0.29, 0.717) is 17.9 Å². The Morgan fingerprint density at radius 2 is 2.29 bits per heavy atom. The number of halogens is 1. The molecule has 1 heterocycles. The number of nitrogens with zero attached hydrogens (tertiary/aromatic N) is 1. The van der Waals surface area contributed by atoms with Gasteiger partial charge in [0.05, 0.1) is 11.2 Å². The van der Waals surface area contributed by atoms with E-state index in [4.69, 9.17) is 0 Å². The molecule has 1 atom stereocenters. The fraction of sp³-hybridized carbons (Fsp3) is 0.417. The molecule has 17 heavy (non-hydrogen) atoms. The lowest BCUT2D eigenvalue weighted by Gasteiger charge is -2.19. The van der Waals surface area contributed by atoms with Crippen LogP contribution in [0.3, 0.4) is 0 Å². The number of carbonyl (C=O) groups excluding carboxylic acids is 1. The molecule has 1 N–H and O–H groups in total. The van der Waals surface area contributed by atoms with Crippen molar-refractivity contribution in [2.75, 3.05) is 13.1 Å². The van der Waals surface area contributed by atoms with Gasteiger partial charge in [0, 0.05) is 18.0 Å². The van der Waals surface area contributed by atoms with E-state index in [1.54, 1.807) is 6.92 Å². The maximum Gasteiger partial charge on any atom is 0.256 e. The van der Waals surface area contributed by atoms with E-state index >= 15 is 0 Å². The van der Waals surface area contributed by atoms with Crippen molar-refractivity contribution in [2.24, 2.45) is 0 Å². The Kier molecular flexibility index (Phi) is 3.14. The molecular formula is C12H14FNO2S. The highest BCUT2D eigenvalue weighted by molar-refractivity contribution is 7.80. The fourth-order valence-corrected chi connectivity index (χ4v) is 2.17. The standard InChI is InChI=1S/C12H14FNO2S/c1-12(16)4-5-14(7-12)11(15)9-6-8(17)2-3-10(9)13/h2-3,6,16-17H,4-5,7H2,1H3. The molecule has 1 aliphatic rings. The predicted octanol–water partition coefficient (Wildman–Crippen LogP) is 1.71. The van der Waals surface area contributed by atoms with Crippen LogP contribution in [0, 0.1) is 5.82 Å². The largest absolute Gasteiger partial charge is 0.388 e. The Bertz CT molecular complexity index is 462. The highest BCUT2D eigenvalue weighted by Crippen LogP contribution is 2.23. The SMILES string of the molecule is CC1(O)CCN(C(=O)c2cc(S)ccc2F)C1. The van der Waals surface area contributed by atoms with Gasteiger partial charge in [-0.3, -0.25) is 4.79 Å². The number of thiol groups is 1. The summed E-state index contributed by atoms with van der Waals surface area (Å²) in [4.78, 5) is 14.1. The molecule has 0 spiro atoms. The Hall–Kier alpha value is -1.07. The van der Waals surface area contributed by atoms with E-state index in [0.717, 1.165) is 0 Å². The van der Waals surface area contributed by atoms with Gasteiger partial charge in [-0.2, -0.15) is 0 Å². The summed E-state index contributed by atoms with van der Waals surface area (Å²) < 4.78 is 13.5. The molecule has 0 aliphatic carbocycles. The summed E-state index contributed by atoms with van der Waals surface area (Å²) in [5.74, 6) is -0.949. The Morgan fingerprint density at radius 1 is 1.59 bits per heavy atom. The number of amides is 1. The lowest BCUT2D eigenvalue weighted by molar-refractivity contribution is 0.0569. The van der Waals surface area contributed by atoms with E-state index < -0.39 is 17.3 Å². The summed E-state index contributed by atoms with van der Waals surface area (Å²) in [7, 11) is 0. The second-order valence-corrected chi connectivity index (χ2v) is 5.15. The van der Waals surface area contributed by atoms with E-state index in [-0.39, 0.29) is 12.1 Å². The molecule has 1 aliphatic heterocycles. The third kappa shape index (κ3) is 2.61.